The van der Waals surface area contributed by atoms with Crippen molar-refractivity contribution in [1.82, 2.24) is 15.1 Å². The molecule has 0 radical (unpaired) electrons. The number of carbonyl (C=O) groups excluding carboxylic acids is 1. The molecule has 4 rings (SSSR count). The second-order valence-corrected chi connectivity index (χ2v) is 8.32. The minimum atomic E-state index is -0.0331. The van der Waals surface area contributed by atoms with E-state index in [9.17, 15) is 4.79 Å². The van der Waals surface area contributed by atoms with Gasteiger partial charge in [-0.25, -0.2) is 0 Å². The molecule has 26 heavy (non-hydrogen) atoms. The van der Waals surface area contributed by atoms with Gasteiger partial charge in [0.25, 0.3) is 5.91 Å². The Labute approximate surface area is 160 Å². The van der Waals surface area contributed by atoms with Crippen molar-refractivity contribution in [3.63, 3.8) is 0 Å². The monoisotopic (exact) mass is 381 g/mol. The van der Waals surface area contributed by atoms with Crippen LogP contribution in [0.1, 0.15) is 32.0 Å². The van der Waals surface area contributed by atoms with Gasteiger partial charge in [-0.15, -0.1) is 22.7 Å². The first kappa shape index (κ1) is 17.0. The molecule has 0 aliphatic rings. The van der Waals surface area contributed by atoms with Gasteiger partial charge in [0.2, 0.25) is 0 Å². The maximum absolute atomic E-state index is 12.7. The molecule has 0 saturated heterocycles. The Hall–Kier alpha value is -2.44. The molecule has 1 unspecified atom stereocenters. The number of aromatic nitrogens is 2. The molecular weight excluding hydrogens is 362 g/mol. The highest BCUT2D eigenvalue weighted by molar-refractivity contribution is 7.20. The van der Waals surface area contributed by atoms with E-state index in [0.29, 0.717) is 6.54 Å². The van der Waals surface area contributed by atoms with Gasteiger partial charge < -0.3 is 5.32 Å². The fourth-order valence-electron chi connectivity index (χ4n) is 3.12. The number of amides is 1. The molecule has 0 bridgehead atoms. The van der Waals surface area contributed by atoms with E-state index in [2.05, 4.69) is 34.9 Å². The number of carbonyl (C=O) groups is 1. The van der Waals surface area contributed by atoms with Crippen LogP contribution in [0.25, 0.3) is 10.1 Å². The number of aryl methyl sites for hydroxylation is 2. The molecule has 0 aliphatic carbocycles. The summed E-state index contributed by atoms with van der Waals surface area (Å²) in [5.74, 6) is -0.0331. The van der Waals surface area contributed by atoms with Crippen LogP contribution in [0.2, 0.25) is 0 Å². The van der Waals surface area contributed by atoms with Crippen molar-refractivity contribution in [1.29, 1.82) is 0 Å². The SMILES string of the molecule is Cc1cc(C)n(C(CNC(=O)c2cc3ccccc3s2)c2cccs2)n1. The predicted octanol–water partition coefficient (Wildman–Crippen LogP) is 4.80. The van der Waals surface area contributed by atoms with E-state index < -0.39 is 0 Å². The number of nitrogens with zero attached hydrogens (tertiary/aromatic N) is 2. The Morgan fingerprint density at radius 3 is 2.73 bits per heavy atom. The molecule has 1 aromatic carbocycles. The van der Waals surface area contributed by atoms with Gasteiger partial charge in [0.15, 0.2) is 0 Å². The molecule has 132 valence electrons. The van der Waals surface area contributed by atoms with Gasteiger partial charge >= 0.3 is 0 Å². The summed E-state index contributed by atoms with van der Waals surface area (Å²) >= 11 is 3.21. The number of benzene rings is 1. The Balaban J connectivity index is 1.56. The first-order chi connectivity index (χ1) is 12.6. The van der Waals surface area contributed by atoms with Crippen molar-refractivity contribution in [2.24, 2.45) is 0 Å². The van der Waals surface area contributed by atoms with Crippen molar-refractivity contribution in [2.45, 2.75) is 19.9 Å². The largest absolute Gasteiger partial charge is 0.349 e. The minimum Gasteiger partial charge on any atom is -0.349 e. The third-order valence-corrected chi connectivity index (χ3v) is 6.41. The summed E-state index contributed by atoms with van der Waals surface area (Å²) in [6, 6.07) is 16.2. The van der Waals surface area contributed by atoms with Gasteiger partial charge in [-0.1, -0.05) is 24.3 Å². The summed E-state index contributed by atoms with van der Waals surface area (Å²) < 4.78 is 3.14. The van der Waals surface area contributed by atoms with E-state index in [1.165, 1.54) is 16.2 Å². The normalized spacial score (nSPS) is 12.4. The number of nitrogens with one attached hydrogen (secondary N) is 1. The fourth-order valence-corrected chi connectivity index (χ4v) is 4.91. The van der Waals surface area contributed by atoms with E-state index >= 15 is 0 Å². The lowest BCUT2D eigenvalue weighted by atomic mass is 10.2. The molecule has 0 aliphatic heterocycles. The van der Waals surface area contributed by atoms with Crippen LogP contribution in [0.5, 0.6) is 0 Å². The van der Waals surface area contributed by atoms with E-state index in [1.807, 2.05) is 48.0 Å². The lowest BCUT2D eigenvalue weighted by Gasteiger charge is -2.18. The van der Waals surface area contributed by atoms with Crippen LogP contribution in [0, 0.1) is 13.8 Å². The van der Waals surface area contributed by atoms with E-state index in [0.717, 1.165) is 26.4 Å². The Morgan fingerprint density at radius 1 is 1.19 bits per heavy atom. The fraction of sp³-hybridized carbons (Fsp3) is 0.200. The number of hydrogen-bond acceptors (Lipinski definition) is 4. The molecule has 0 saturated carbocycles. The quantitative estimate of drug-likeness (QED) is 0.540. The number of thiophene rings is 2. The van der Waals surface area contributed by atoms with Crippen LogP contribution in [-0.2, 0) is 0 Å². The summed E-state index contributed by atoms with van der Waals surface area (Å²) in [7, 11) is 0. The molecule has 3 heterocycles. The molecule has 0 fully saturated rings. The van der Waals surface area contributed by atoms with Gasteiger partial charge in [0.1, 0.15) is 6.04 Å². The number of hydrogen-bond donors (Lipinski definition) is 1. The third-order valence-electron chi connectivity index (χ3n) is 4.32. The van der Waals surface area contributed by atoms with Crippen LogP contribution < -0.4 is 5.32 Å². The van der Waals surface area contributed by atoms with Crippen molar-refractivity contribution < 1.29 is 4.79 Å². The average molecular weight is 382 g/mol. The van der Waals surface area contributed by atoms with Crippen molar-refractivity contribution >= 4 is 38.7 Å². The molecular formula is C20H19N3OS2. The lowest BCUT2D eigenvalue weighted by Crippen LogP contribution is -2.31. The maximum atomic E-state index is 12.7. The first-order valence-corrected chi connectivity index (χ1v) is 10.1. The van der Waals surface area contributed by atoms with E-state index in [1.54, 1.807) is 11.3 Å². The van der Waals surface area contributed by atoms with E-state index in [4.69, 9.17) is 0 Å². The van der Waals surface area contributed by atoms with Crippen molar-refractivity contribution in [3.8, 4) is 0 Å². The van der Waals surface area contributed by atoms with Crippen LogP contribution in [0.3, 0.4) is 0 Å². The van der Waals surface area contributed by atoms with Crippen molar-refractivity contribution in [3.05, 3.63) is 75.1 Å². The second-order valence-electron chi connectivity index (χ2n) is 6.26. The van der Waals surface area contributed by atoms with Gasteiger partial charge in [0.05, 0.1) is 10.6 Å². The molecule has 0 spiro atoms. The average Bonchev–Trinajstić information content (AvgIpc) is 3.35. The van der Waals surface area contributed by atoms with Crippen LogP contribution in [-0.4, -0.2) is 22.2 Å². The van der Waals surface area contributed by atoms with Gasteiger partial charge in [-0.05, 0) is 48.9 Å². The third kappa shape index (κ3) is 3.30. The summed E-state index contributed by atoms with van der Waals surface area (Å²) in [5.41, 5.74) is 2.08. The van der Waals surface area contributed by atoms with Crippen LogP contribution in [0.4, 0.5) is 0 Å². The zero-order chi connectivity index (χ0) is 18.1. The molecule has 4 aromatic rings. The minimum absolute atomic E-state index is 0.00188. The first-order valence-electron chi connectivity index (χ1n) is 8.45. The zero-order valence-electron chi connectivity index (χ0n) is 14.6. The highest BCUT2D eigenvalue weighted by Crippen LogP contribution is 2.26. The zero-order valence-corrected chi connectivity index (χ0v) is 16.2. The molecule has 6 heteroatoms. The lowest BCUT2D eigenvalue weighted by molar-refractivity contribution is 0.0953. The Kier molecular flexibility index (Phi) is 4.61. The van der Waals surface area contributed by atoms with Crippen LogP contribution in [0.15, 0.2) is 53.9 Å². The van der Waals surface area contributed by atoms with Crippen LogP contribution >= 0.6 is 22.7 Å². The smallest absolute Gasteiger partial charge is 0.261 e. The molecule has 3 aromatic heterocycles. The predicted molar refractivity (Wildman–Crippen MR) is 108 cm³/mol. The molecule has 4 nitrogen and oxygen atoms in total. The van der Waals surface area contributed by atoms with E-state index in [-0.39, 0.29) is 11.9 Å². The standard InChI is InChI=1S/C20H19N3OS2/c1-13-10-14(2)23(22-13)16(18-8-5-9-25-18)12-21-20(24)19-11-15-6-3-4-7-17(15)26-19/h3-11,16H,12H2,1-2H3,(H,21,24). The molecule has 1 amide bonds. The van der Waals surface area contributed by atoms with Gasteiger partial charge in [-0.3, -0.25) is 9.48 Å². The summed E-state index contributed by atoms with van der Waals surface area (Å²) in [5, 5.41) is 10.9. The number of fused-ring (bicyclic) bond motifs is 1. The Morgan fingerprint density at radius 2 is 2.04 bits per heavy atom. The highest BCUT2D eigenvalue weighted by Gasteiger charge is 2.20. The number of rotatable bonds is 5. The summed E-state index contributed by atoms with van der Waals surface area (Å²) in [6.07, 6.45) is 0. The topological polar surface area (TPSA) is 46.9 Å². The van der Waals surface area contributed by atoms with Gasteiger partial charge in [0, 0.05) is 21.8 Å². The summed E-state index contributed by atoms with van der Waals surface area (Å²) in [6.45, 7) is 4.55. The molecule has 1 N–H and O–H groups in total. The molecule has 1 atom stereocenters. The Bertz CT molecular complexity index is 1010. The maximum Gasteiger partial charge on any atom is 0.261 e. The van der Waals surface area contributed by atoms with Gasteiger partial charge in [-0.2, -0.15) is 5.10 Å². The second kappa shape index (κ2) is 7.05. The summed E-state index contributed by atoms with van der Waals surface area (Å²) in [4.78, 5) is 14.6. The highest BCUT2D eigenvalue weighted by atomic mass is 32.1. The van der Waals surface area contributed by atoms with Crippen molar-refractivity contribution in [2.75, 3.05) is 6.54 Å².